The van der Waals surface area contributed by atoms with Gasteiger partial charge in [0.1, 0.15) is 11.2 Å². The molecule has 4 aliphatic carbocycles. The van der Waals surface area contributed by atoms with Crippen LogP contribution in [0.4, 0.5) is 13.2 Å². The zero-order valence-electron chi connectivity index (χ0n) is 13.8. The third kappa shape index (κ3) is 1.81. The number of allylic oxidation sites excluding steroid dienone is 4. The molecule has 1 N–H and O–H groups in total. The number of hydrogen-bond acceptors (Lipinski definition) is 3. The van der Waals surface area contributed by atoms with Gasteiger partial charge in [0, 0.05) is 18.8 Å². The van der Waals surface area contributed by atoms with Gasteiger partial charge in [-0.3, -0.25) is 9.59 Å². The van der Waals surface area contributed by atoms with Crippen molar-refractivity contribution in [1.82, 2.24) is 0 Å². The summed E-state index contributed by atoms with van der Waals surface area (Å²) in [5, 5.41) is 11.3. The van der Waals surface area contributed by atoms with E-state index in [-0.39, 0.29) is 54.8 Å². The number of rotatable bonds is 0. The van der Waals surface area contributed by atoms with Crippen LogP contribution in [-0.4, -0.2) is 28.5 Å². The quantitative estimate of drug-likeness (QED) is 0.680. The van der Waals surface area contributed by atoms with Crippen molar-refractivity contribution in [2.75, 3.05) is 0 Å². The maximum atomic E-state index is 14.2. The van der Waals surface area contributed by atoms with E-state index in [1.165, 1.54) is 12.2 Å². The van der Waals surface area contributed by atoms with Crippen LogP contribution < -0.4 is 0 Å². The number of ketones is 2. The summed E-state index contributed by atoms with van der Waals surface area (Å²) in [4.78, 5) is 24.0. The zero-order chi connectivity index (χ0) is 18.3. The molecule has 0 amide bonds. The van der Waals surface area contributed by atoms with E-state index in [0.29, 0.717) is 0 Å². The molecule has 0 saturated heterocycles. The van der Waals surface area contributed by atoms with E-state index in [1.807, 2.05) is 0 Å². The number of fused-ring (bicyclic) bond motifs is 5. The van der Waals surface area contributed by atoms with Gasteiger partial charge in [0.2, 0.25) is 0 Å². The summed E-state index contributed by atoms with van der Waals surface area (Å²) in [7, 11) is 0. The van der Waals surface area contributed by atoms with Gasteiger partial charge < -0.3 is 5.11 Å². The molecule has 0 spiro atoms. The van der Waals surface area contributed by atoms with Crippen molar-refractivity contribution in [2.24, 2.45) is 16.7 Å². The van der Waals surface area contributed by atoms with E-state index in [1.54, 1.807) is 13.0 Å². The Labute approximate surface area is 143 Å². The number of carbonyl (C=O) groups is 2. The number of hydrogen-bond donors (Lipinski definition) is 1. The van der Waals surface area contributed by atoms with Crippen LogP contribution in [0.1, 0.15) is 39.0 Å². The molecule has 1 fully saturated rings. The summed E-state index contributed by atoms with van der Waals surface area (Å²) in [5.41, 5.74) is -4.73. The first-order chi connectivity index (χ1) is 11.6. The van der Waals surface area contributed by atoms with Crippen LogP contribution in [0.2, 0.25) is 0 Å². The largest absolute Gasteiger partial charge is 0.402 e. The second-order valence-electron chi connectivity index (χ2n) is 7.85. The lowest BCUT2D eigenvalue weighted by Gasteiger charge is -2.54. The average Bonchev–Trinajstić information content (AvgIpc) is 2.77. The molecular weight excluding hydrogens is 333 g/mol. The van der Waals surface area contributed by atoms with Crippen molar-refractivity contribution in [3.8, 4) is 0 Å². The highest BCUT2D eigenvalue weighted by molar-refractivity contribution is 5.93. The topological polar surface area (TPSA) is 54.4 Å². The van der Waals surface area contributed by atoms with Crippen molar-refractivity contribution >= 4 is 11.6 Å². The summed E-state index contributed by atoms with van der Waals surface area (Å²) in [6.07, 6.45) is 0.839. The lowest BCUT2D eigenvalue weighted by Crippen LogP contribution is -2.58. The van der Waals surface area contributed by atoms with Crippen molar-refractivity contribution < 1.29 is 27.9 Å². The fourth-order valence-corrected chi connectivity index (χ4v) is 5.28. The first-order valence-corrected chi connectivity index (χ1v) is 8.52. The molecule has 0 unspecified atom stereocenters. The van der Waals surface area contributed by atoms with Gasteiger partial charge in [-0.05, 0) is 43.4 Å². The first-order valence-electron chi connectivity index (χ1n) is 8.52. The van der Waals surface area contributed by atoms with Gasteiger partial charge in [-0.25, -0.2) is 0 Å². The van der Waals surface area contributed by atoms with E-state index >= 15 is 0 Å². The second-order valence-corrected chi connectivity index (χ2v) is 7.85. The highest BCUT2D eigenvalue weighted by Gasteiger charge is 2.69. The third-order valence-electron chi connectivity index (χ3n) is 6.88. The molecule has 0 aliphatic heterocycles. The minimum absolute atomic E-state index is 0.0460. The van der Waals surface area contributed by atoms with E-state index in [2.05, 4.69) is 0 Å². The Balaban J connectivity index is 1.96. The Morgan fingerprint density at radius 2 is 1.92 bits per heavy atom. The number of carbonyl (C=O) groups excluding carboxylic acids is 2. The van der Waals surface area contributed by atoms with Crippen LogP contribution in [0, 0.1) is 16.7 Å². The van der Waals surface area contributed by atoms with E-state index in [4.69, 9.17) is 0 Å². The number of Topliss-reactive ketones (excluding diaryl/α,β-unsaturated/α-hetero) is 1. The lowest BCUT2D eigenvalue weighted by molar-refractivity contribution is -0.207. The molecule has 134 valence electrons. The minimum Gasteiger partial charge on any atom is -0.388 e. The summed E-state index contributed by atoms with van der Waals surface area (Å²) < 4.78 is 42.7. The van der Waals surface area contributed by atoms with Gasteiger partial charge in [0.05, 0.1) is 11.0 Å². The average molecular weight is 352 g/mol. The molecule has 6 heteroatoms. The fraction of sp³-hybridized carbons (Fsp3) is 0.579. The molecule has 0 aromatic heterocycles. The summed E-state index contributed by atoms with van der Waals surface area (Å²) >= 11 is 0. The molecule has 4 aliphatic rings. The fourth-order valence-electron chi connectivity index (χ4n) is 5.28. The molecule has 3 nitrogen and oxygen atoms in total. The van der Waals surface area contributed by atoms with Gasteiger partial charge in [-0.15, -0.1) is 0 Å². The van der Waals surface area contributed by atoms with Crippen molar-refractivity contribution in [3.63, 3.8) is 0 Å². The van der Waals surface area contributed by atoms with Crippen molar-refractivity contribution in [2.45, 2.75) is 50.8 Å². The van der Waals surface area contributed by atoms with Crippen LogP contribution in [0.3, 0.4) is 0 Å². The van der Waals surface area contributed by atoms with Crippen LogP contribution in [0.25, 0.3) is 0 Å². The molecule has 0 bridgehead atoms. The molecule has 4 rings (SSSR count). The van der Waals surface area contributed by atoms with Crippen LogP contribution in [-0.2, 0) is 9.59 Å². The molecule has 0 radical (unpaired) electrons. The first kappa shape index (κ1) is 16.8. The Morgan fingerprint density at radius 3 is 2.60 bits per heavy atom. The van der Waals surface area contributed by atoms with E-state index < -0.39 is 28.5 Å². The molecular formula is C19H19F3O3. The van der Waals surface area contributed by atoms with Crippen molar-refractivity contribution in [1.29, 1.82) is 0 Å². The zero-order valence-corrected chi connectivity index (χ0v) is 13.8. The Bertz CT molecular complexity index is 775. The van der Waals surface area contributed by atoms with Gasteiger partial charge in [0.15, 0.2) is 5.78 Å². The molecule has 4 atom stereocenters. The maximum absolute atomic E-state index is 14.2. The summed E-state index contributed by atoms with van der Waals surface area (Å²) in [6.45, 7) is 1.65. The number of aliphatic hydroxyl groups is 1. The summed E-state index contributed by atoms with van der Waals surface area (Å²) in [6, 6.07) is 0. The molecule has 0 heterocycles. The summed E-state index contributed by atoms with van der Waals surface area (Å²) in [5.74, 6) is -1.27. The standard InChI is InChI=1S/C19H19F3O3/c1-16-7-5-13-14(18(16,25)9-6-15(16)24)3-2-11-10-12(23)4-8-17(11,13)19(20,21)22/h2-3,5,10,14,25H,4,6-9H2,1H3/t14-,16+,17-,18-/m1/s1. The van der Waals surface area contributed by atoms with Gasteiger partial charge >= 0.3 is 6.18 Å². The second kappa shape index (κ2) is 4.72. The smallest absolute Gasteiger partial charge is 0.388 e. The molecule has 25 heavy (non-hydrogen) atoms. The third-order valence-corrected chi connectivity index (χ3v) is 6.88. The number of alkyl halides is 3. The van der Waals surface area contributed by atoms with Gasteiger partial charge in [-0.1, -0.05) is 18.2 Å². The SMILES string of the molecule is C[C@@]12CC=C3[C@@H](C=CC4=CC(=O)CC[C@@]43C(F)(F)F)[C@]1(O)CCC2=O. The van der Waals surface area contributed by atoms with Crippen LogP contribution in [0.15, 0.2) is 35.5 Å². The highest BCUT2D eigenvalue weighted by Crippen LogP contribution is 2.65. The van der Waals surface area contributed by atoms with Gasteiger partial charge in [-0.2, -0.15) is 13.2 Å². The molecule has 0 aromatic carbocycles. The minimum atomic E-state index is -4.57. The Kier molecular flexibility index (Phi) is 3.17. The predicted octanol–water partition coefficient (Wildman–Crippen LogP) is 3.44. The molecule has 1 saturated carbocycles. The van der Waals surface area contributed by atoms with E-state index in [0.717, 1.165) is 6.08 Å². The van der Waals surface area contributed by atoms with Crippen molar-refractivity contribution in [3.05, 3.63) is 35.5 Å². The Hall–Kier alpha value is -1.69. The van der Waals surface area contributed by atoms with Crippen LogP contribution in [0.5, 0.6) is 0 Å². The van der Waals surface area contributed by atoms with Crippen LogP contribution >= 0.6 is 0 Å². The molecule has 0 aromatic rings. The lowest BCUT2D eigenvalue weighted by atomic mass is 9.51. The monoisotopic (exact) mass is 352 g/mol. The normalized spacial score (nSPS) is 43.2. The van der Waals surface area contributed by atoms with E-state index in [9.17, 15) is 27.9 Å². The maximum Gasteiger partial charge on any atom is 0.402 e. The van der Waals surface area contributed by atoms with Gasteiger partial charge in [0.25, 0.3) is 0 Å². The highest BCUT2D eigenvalue weighted by atomic mass is 19.4. The predicted molar refractivity (Wildman–Crippen MR) is 83.4 cm³/mol. The number of halogens is 3. The Morgan fingerprint density at radius 1 is 1.20 bits per heavy atom.